The van der Waals surface area contributed by atoms with Gasteiger partial charge in [-0.25, -0.2) is 4.98 Å². The lowest BCUT2D eigenvalue weighted by Gasteiger charge is -2.10. The van der Waals surface area contributed by atoms with E-state index in [4.69, 9.17) is 9.47 Å². The number of fused-ring (bicyclic) bond motifs is 1. The van der Waals surface area contributed by atoms with Crippen molar-refractivity contribution < 1.29 is 14.3 Å². The first-order chi connectivity index (χ1) is 14.1. The second-order valence-electron chi connectivity index (χ2n) is 6.57. The van der Waals surface area contributed by atoms with Crippen molar-refractivity contribution >= 4 is 16.9 Å². The van der Waals surface area contributed by atoms with Crippen LogP contribution in [0.15, 0.2) is 48.5 Å². The molecule has 2 aromatic carbocycles. The second-order valence-corrected chi connectivity index (χ2v) is 6.57. The minimum absolute atomic E-state index is 0.266. The van der Waals surface area contributed by atoms with Gasteiger partial charge in [-0.05, 0) is 43.3 Å². The number of imidazole rings is 1. The number of methoxy groups -OCH3 is 2. The standard InChI is InChI=1S/C21H21N5O3/c1-12(20-23-14-6-4-5-7-15(14)24-20)22-21(27)17-11-16(25-26-17)13-8-9-18(28-2)19(10-13)29-3/h4-12H,1-3H3,(H,22,27)(H,23,24)(H,25,26)/t12-/m1/s1. The van der Waals surface area contributed by atoms with Crippen LogP contribution in [0.25, 0.3) is 22.3 Å². The third-order valence-corrected chi connectivity index (χ3v) is 4.67. The second kappa shape index (κ2) is 7.67. The van der Waals surface area contributed by atoms with E-state index in [1.54, 1.807) is 26.4 Å². The summed E-state index contributed by atoms with van der Waals surface area (Å²) in [6, 6.07) is 14.6. The number of amides is 1. The average Bonchev–Trinajstić information content (AvgIpc) is 3.40. The Hall–Kier alpha value is -3.81. The van der Waals surface area contributed by atoms with Crippen molar-refractivity contribution in [2.24, 2.45) is 0 Å². The maximum absolute atomic E-state index is 12.6. The van der Waals surface area contributed by atoms with Crippen molar-refractivity contribution in [3.63, 3.8) is 0 Å². The van der Waals surface area contributed by atoms with Crippen LogP contribution in [0.2, 0.25) is 0 Å². The first-order valence-electron chi connectivity index (χ1n) is 9.12. The van der Waals surface area contributed by atoms with Crippen LogP contribution in [-0.2, 0) is 0 Å². The molecule has 8 nitrogen and oxygen atoms in total. The van der Waals surface area contributed by atoms with Gasteiger partial charge >= 0.3 is 0 Å². The number of benzene rings is 2. The maximum Gasteiger partial charge on any atom is 0.269 e. The molecule has 0 aliphatic rings. The van der Waals surface area contributed by atoms with Crippen molar-refractivity contribution in [2.45, 2.75) is 13.0 Å². The van der Waals surface area contributed by atoms with Gasteiger partial charge in [-0.15, -0.1) is 0 Å². The van der Waals surface area contributed by atoms with E-state index >= 15 is 0 Å². The zero-order valence-corrected chi connectivity index (χ0v) is 16.3. The first kappa shape index (κ1) is 18.5. The van der Waals surface area contributed by atoms with Crippen molar-refractivity contribution in [2.75, 3.05) is 14.2 Å². The highest BCUT2D eigenvalue weighted by atomic mass is 16.5. The largest absolute Gasteiger partial charge is 0.493 e. The number of carbonyl (C=O) groups excluding carboxylic acids is 1. The first-order valence-corrected chi connectivity index (χ1v) is 9.12. The van der Waals surface area contributed by atoms with E-state index in [-0.39, 0.29) is 11.9 Å². The quantitative estimate of drug-likeness (QED) is 0.467. The topological polar surface area (TPSA) is 105 Å². The summed E-state index contributed by atoms with van der Waals surface area (Å²) < 4.78 is 10.6. The van der Waals surface area contributed by atoms with E-state index < -0.39 is 0 Å². The smallest absolute Gasteiger partial charge is 0.269 e. The van der Waals surface area contributed by atoms with Gasteiger partial charge in [0.1, 0.15) is 11.5 Å². The predicted molar refractivity (Wildman–Crippen MR) is 109 cm³/mol. The molecule has 1 atom stereocenters. The molecular formula is C21H21N5O3. The number of H-pyrrole nitrogens is 2. The lowest BCUT2D eigenvalue weighted by atomic mass is 10.1. The van der Waals surface area contributed by atoms with Gasteiger partial charge in [0.15, 0.2) is 11.5 Å². The van der Waals surface area contributed by atoms with Crippen LogP contribution in [0, 0.1) is 0 Å². The Kier molecular flexibility index (Phi) is 4.90. The number of aromatic nitrogens is 4. The Morgan fingerprint density at radius 3 is 2.62 bits per heavy atom. The Morgan fingerprint density at radius 2 is 1.86 bits per heavy atom. The Bertz CT molecular complexity index is 1130. The third kappa shape index (κ3) is 3.64. The van der Waals surface area contributed by atoms with Crippen LogP contribution < -0.4 is 14.8 Å². The molecule has 0 radical (unpaired) electrons. The molecule has 0 fully saturated rings. The van der Waals surface area contributed by atoms with Gasteiger partial charge in [0.25, 0.3) is 5.91 Å². The van der Waals surface area contributed by atoms with E-state index in [2.05, 4.69) is 25.5 Å². The molecular weight excluding hydrogens is 370 g/mol. The number of nitrogens with one attached hydrogen (secondary N) is 3. The molecule has 0 unspecified atom stereocenters. The predicted octanol–water partition coefficient (Wildman–Crippen LogP) is 3.46. The normalized spacial score (nSPS) is 12.0. The zero-order chi connectivity index (χ0) is 20.4. The summed E-state index contributed by atoms with van der Waals surface area (Å²) >= 11 is 0. The zero-order valence-electron chi connectivity index (χ0n) is 16.3. The molecule has 2 heterocycles. The summed E-state index contributed by atoms with van der Waals surface area (Å²) in [5, 5.41) is 9.97. The Labute approximate surface area is 167 Å². The molecule has 0 spiro atoms. The molecule has 2 aromatic heterocycles. The summed E-state index contributed by atoms with van der Waals surface area (Å²) in [6.07, 6.45) is 0. The molecule has 0 saturated carbocycles. The van der Waals surface area contributed by atoms with Gasteiger partial charge in [-0.2, -0.15) is 5.10 Å². The van der Waals surface area contributed by atoms with Crippen LogP contribution in [0.3, 0.4) is 0 Å². The highest BCUT2D eigenvalue weighted by Gasteiger charge is 2.17. The summed E-state index contributed by atoms with van der Waals surface area (Å²) in [6.45, 7) is 1.88. The number of ether oxygens (including phenoxy) is 2. The van der Waals surface area contributed by atoms with Crippen LogP contribution >= 0.6 is 0 Å². The summed E-state index contributed by atoms with van der Waals surface area (Å²) in [5.74, 6) is 1.65. The monoisotopic (exact) mass is 391 g/mol. The molecule has 0 bridgehead atoms. The molecule has 4 aromatic rings. The lowest BCUT2D eigenvalue weighted by Crippen LogP contribution is -2.27. The highest BCUT2D eigenvalue weighted by Crippen LogP contribution is 2.31. The number of carbonyl (C=O) groups is 1. The van der Waals surface area contributed by atoms with Crippen LogP contribution in [0.4, 0.5) is 0 Å². The van der Waals surface area contributed by atoms with Crippen molar-refractivity contribution in [3.8, 4) is 22.8 Å². The summed E-state index contributed by atoms with van der Waals surface area (Å²) in [5.41, 5.74) is 3.59. The fourth-order valence-corrected chi connectivity index (χ4v) is 3.10. The van der Waals surface area contributed by atoms with Crippen LogP contribution in [0.1, 0.15) is 29.3 Å². The maximum atomic E-state index is 12.6. The van der Waals surface area contributed by atoms with Gasteiger partial charge in [0, 0.05) is 5.56 Å². The van der Waals surface area contributed by atoms with E-state index in [9.17, 15) is 4.79 Å². The Balaban J connectivity index is 1.51. The van der Waals surface area contributed by atoms with E-state index in [1.807, 2.05) is 43.3 Å². The van der Waals surface area contributed by atoms with Gasteiger partial charge in [-0.3, -0.25) is 9.89 Å². The molecule has 8 heteroatoms. The highest BCUT2D eigenvalue weighted by molar-refractivity contribution is 5.93. The molecule has 0 aliphatic carbocycles. The van der Waals surface area contributed by atoms with Gasteiger partial charge in [-0.1, -0.05) is 12.1 Å². The minimum atomic E-state index is -0.289. The summed E-state index contributed by atoms with van der Waals surface area (Å²) in [4.78, 5) is 20.4. The van der Waals surface area contributed by atoms with E-state index in [0.717, 1.165) is 16.6 Å². The number of hydrogen-bond acceptors (Lipinski definition) is 5. The number of hydrogen-bond donors (Lipinski definition) is 3. The minimum Gasteiger partial charge on any atom is -0.493 e. The number of rotatable bonds is 6. The molecule has 0 saturated heterocycles. The van der Waals surface area contributed by atoms with Crippen LogP contribution in [0.5, 0.6) is 11.5 Å². The van der Waals surface area contributed by atoms with Crippen molar-refractivity contribution in [3.05, 3.63) is 60.0 Å². The summed E-state index contributed by atoms with van der Waals surface area (Å²) in [7, 11) is 3.15. The fourth-order valence-electron chi connectivity index (χ4n) is 3.10. The number of nitrogens with zero attached hydrogens (tertiary/aromatic N) is 2. The number of para-hydroxylation sites is 2. The fraction of sp³-hybridized carbons (Fsp3) is 0.190. The van der Waals surface area contributed by atoms with Gasteiger partial charge in [0.2, 0.25) is 0 Å². The Morgan fingerprint density at radius 1 is 1.07 bits per heavy atom. The van der Waals surface area contributed by atoms with Gasteiger partial charge in [0.05, 0.1) is 37.0 Å². The van der Waals surface area contributed by atoms with E-state index in [1.165, 1.54) is 0 Å². The van der Waals surface area contributed by atoms with Crippen LogP contribution in [-0.4, -0.2) is 40.3 Å². The van der Waals surface area contributed by atoms with E-state index in [0.29, 0.717) is 28.7 Å². The van der Waals surface area contributed by atoms with Crippen molar-refractivity contribution in [1.29, 1.82) is 0 Å². The molecule has 29 heavy (non-hydrogen) atoms. The number of aromatic amines is 2. The van der Waals surface area contributed by atoms with Crippen molar-refractivity contribution in [1.82, 2.24) is 25.5 Å². The molecule has 4 rings (SSSR count). The average molecular weight is 391 g/mol. The van der Waals surface area contributed by atoms with Gasteiger partial charge < -0.3 is 19.8 Å². The molecule has 1 amide bonds. The molecule has 0 aliphatic heterocycles. The third-order valence-electron chi connectivity index (χ3n) is 4.67. The SMILES string of the molecule is COc1ccc(-c2cc(C(=O)N[C@H](C)c3nc4ccccc4[nH]3)[nH]n2)cc1OC. The molecule has 3 N–H and O–H groups in total. The lowest BCUT2D eigenvalue weighted by molar-refractivity contribution is 0.0933. The molecule has 148 valence electrons.